The second-order valence-corrected chi connectivity index (χ2v) is 5.11. The average Bonchev–Trinajstić information content (AvgIpc) is 2.93. The highest BCUT2D eigenvalue weighted by Crippen LogP contribution is 2.45. The van der Waals surface area contributed by atoms with E-state index in [4.69, 9.17) is 10.3 Å². The summed E-state index contributed by atoms with van der Waals surface area (Å²) in [6.45, 7) is 2.20. The Morgan fingerprint density at radius 3 is 2.78 bits per heavy atom. The van der Waals surface area contributed by atoms with Crippen LogP contribution in [-0.2, 0) is 6.42 Å². The largest absolute Gasteiger partial charge is 0.338 e. The van der Waals surface area contributed by atoms with Crippen LogP contribution in [0.25, 0.3) is 0 Å². The van der Waals surface area contributed by atoms with E-state index in [1.807, 2.05) is 18.2 Å². The van der Waals surface area contributed by atoms with Gasteiger partial charge in [0.1, 0.15) is 0 Å². The molecule has 4 heteroatoms. The lowest BCUT2D eigenvalue weighted by molar-refractivity contribution is 0.350. The molecule has 1 aromatic heterocycles. The number of nitrogens with two attached hydrogens (primary N) is 1. The zero-order valence-electron chi connectivity index (χ0n) is 10.4. The lowest BCUT2D eigenvalue weighted by Gasteiger charge is -2.05. The van der Waals surface area contributed by atoms with E-state index < -0.39 is 0 Å². The molecule has 0 aliphatic heterocycles. The molecule has 4 nitrogen and oxygen atoms in total. The van der Waals surface area contributed by atoms with Crippen molar-refractivity contribution in [2.24, 2.45) is 11.7 Å². The van der Waals surface area contributed by atoms with Crippen LogP contribution in [0.15, 0.2) is 34.9 Å². The van der Waals surface area contributed by atoms with Crippen LogP contribution < -0.4 is 5.73 Å². The summed E-state index contributed by atoms with van der Waals surface area (Å²) >= 11 is 0. The van der Waals surface area contributed by atoms with Crippen molar-refractivity contribution < 1.29 is 4.52 Å². The Hall–Kier alpha value is -1.68. The van der Waals surface area contributed by atoms with Crippen molar-refractivity contribution in [3.8, 4) is 0 Å². The first-order chi connectivity index (χ1) is 8.74. The van der Waals surface area contributed by atoms with Crippen molar-refractivity contribution in [2.45, 2.75) is 31.7 Å². The lowest BCUT2D eigenvalue weighted by atomic mass is 10.1. The Morgan fingerprint density at radius 2 is 2.11 bits per heavy atom. The van der Waals surface area contributed by atoms with Crippen LogP contribution in [-0.4, -0.2) is 10.1 Å². The summed E-state index contributed by atoms with van der Waals surface area (Å²) in [7, 11) is 0. The van der Waals surface area contributed by atoms with Gasteiger partial charge in [0, 0.05) is 5.92 Å². The van der Waals surface area contributed by atoms with Crippen LogP contribution in [0.2, 0.25) is 0 Å². The molecule has 1 aromatic carbocycles. The van der Waals surface area contributed by atoms with E-state index in [1.165, 1.54) is 5.56 Å². The molecule has 3 atom stereocenters. The SMILES string of the molecule is CC1CC1c1noc(C(N)Cc2ccccc2)n1. The third-order valence-corrected chi connectivity index (χ3v) is 3.51. The summed E-state index contributed by atoms with van der Waals surface area (Å²) in [5.41, 5.74) is 7.28. The molecule has 1 heterocycles. The fourth-order valence-corrected chi connectivity index (χ4v) is 2.19. The van der Waals surface area contributed by atoms with Gasteiger partial charge in [-0.15, -0.1) is 0 Å². The highest BCUT2D eigenvalue weighted by atomic mass is 16.5. The van der Waals surface area contributed by atoms with Gasteiger partial charge in [0.25, 0.3) is 0 Å². The maximum absolute atomic E-state index is 6.10. The van der Waals surface area contributed by atoms with Crippen LogP contribution in [0.4, 0.5) is 0 Å². The van der Waals surface area contributed by atoms with E-state index in [9.17, 15) is 0 Å². The van der Waals surface area contributed by atoms with E-state index in [1.54, 1.807) is 0 Å². The summed E-state index contributed by atoms with van der Waals surface area (Å²) < 4.78 is 5.26. The number of hydrogen-bond acceptors (Lipinski definition) is 4. The first-order valence-electron chi connectivity index (χ1n) is 6.37. The van der Waals surface area contributed by atoms with Crippen molar-refractivity contribution in [1.29, 1.82) is 0 Å². The molecule has 18 heavy (non-hydrogen) atoms. The molecule has 3 unspecified atom stereocenters. The monoisotopic (exact) mass is 243 g/mol. The van der Waals surface area contributed by atoms with Crippen LogP contribution in [0.1, 0.15) is 42.6 Å². The highest BCUT2D eigenvalue weighted by molar-refractivity contribution is 5.17. The molecule has 0 saturated heterocycles. The molecule has 0 spiro atoms. The second-order valence-electron chi connectivity index (χ2n) is 5.11. The maximum atomic E-state index is 6.10. The molecule has 3 rings (SSSR count). The molecule has 1 aliphatic carbocycles. The zero-order chi connectivity index (χ0) is 12.5. The van der Waals surface area contributed by atoms with Crippen LogP contribution in [0, 0.1) is 5.92 Å². The summed E-state index contributed by atoms with van der Waals surface area (Å²) in [5.74, 6) is 2.53. The number of benzene rings is 1. The first-order valence-corrected chi connectivity index (χ1v) is 6.37. The van der Waals surface area contributed by atoms with Crippen molar-refractivity contribution in [1.82, 2.24) is 10.1 Å². The van der Waals surface area contributed by atoms with Gasteiger partial charge in [-0.2, -0.15) is 4.98 Å². The number of nitrogens with zero attached hydrogens (tertiary/aromatic N) is 2. The molecule has 1 aliphatic rings. The Bertz CT molecular complexity index is 523. The first kappa shape index (κ1) is 11.4. The maximum Gasteiger partial charge on any atom is 0.243 e. The predicted octanol–water partition coefficient (Wildman–Crippen LogP) is 2.44. The normalized spacial score (nSPS) is 23.9. The number of hydrogen-bond donors (Lipinski definition) is 1. The molecule has 1 saturated carbocycles. The molecule has 2 N–H and O–H groups in total. The van der Waals surface area contributed by atoms with Gasteiger partial charge >= 0.3 is 0 Å². The van der Waals surface area contributed by atoms with Gasteiger partial charge in [-0.1, -0.05) is 42.4 Å². The molecule has 1 fully saturated rings. The third-order valence-electron chi connectivity index (χ3n) is 3.51. The van der Waals surface area contributed by atoms with Crippen LogP contribution >= 0.6 is 0 Å². The van der Waals surface area contributed by atoms with Gasteiger partial charge in [-0.05, 0) is 24.3 Å². The molecule has 2 aromatic rings. The Morgan fingerprint density at radius 1 is 1.39 bits per heavy atom. The van der Waals surface area contributed by atoms with Crippen molar-refractivity contribution in [3.05, 3.63) is 47.6 Å². The van der Waals surface area contributed by atoms with E-state index in [-0.39, 0.29) is 6.04 Å². The van der Waals surface area contributed by atoms with E-state index >= 15 is 0 Å². The zero-order valence-corrected chi connectivity index (χ0v) is 10.4. The van der Waals surface area contributed by atoms with Gasteiger partial charge in [0.15, 0.2) is 5.82 Å². The smallest absolute Gasteiger partial charge is 0.243 e. The summed E-state index contributed by atoms with van der Waals surface area (Å²) in [6, 6.07) is 9.90. The Kier molecular flexibility index (Phi) is 2.88. The van der Waals surface area contributed by atoms with Gasteiger partial charge in [-0.3, -0.25) is 0 Å². The van der Waals surface area contributed by atoms with E-state index in [0.717, 1.165) is 18.7 Å². The Balaban J connectivity index is 1.69. The standard InChI is InChI=1S/C14H17N3O/c1-9-7-11(9)13-16-14(18-17-13)12(15)8-10-5-3-2-4-6-10/h2-6,9,11-12H,7-8,15H2,1H3. The second kappa shape index (κ2) is 4.53. The molecular formula is C14H17N3O. The summed E-state index contributed by atoms with van der Waals surface area (Å²) in [5, 5.41) is 4.03. The number of aromatic nitrogens is 2. The Labute approximate surface area is 106 Å². The molecule has 0 radical (unpaired) electrons. The predicted molar refractivity (Wildman–Crippen MR) is 67.9 cm³/mol. The molecular weight excluding hydrogens is 226 g/mol. The summed E-state index contributed by atoms with van der Waals surface area (Å²) in [6.07, 6.45) is 1.88. The van der Waals surface area contributed by atoms with E-state index in [2.05, 4.69) is 29.2 Å². The highest BCUT2D eigenvalue weighted by Gasteiger charge is 2.38. The molecule has 0 bridgehead atoms. The minimum absolute atomic E-state index is 0.220. The molecule has 94 valence electrons. The van der Waals surface area contributed by atoms with Gasteiger partial charge in [-0.25, -0.2) is 0 Å². The topological polar surface area (TPSA) is 64.9 Å². The van der Waals surface area contributed by atoms with Crippen molar-refractivity contribution in [2.75, 3.05) is 0 Å². The summed E-state index contributed by atoms with van der Waals surface area (Å²) in [4.78, 5) is 4.42. The lowest BCUT2D eigenvalue weighted by Crippen LogP contribution is -2.13. The van der Waals surface area contributed by atoms with Crippen molar-refractivity contribution in [3.63, 3.8) is 0 Å². The third kappa shape index (κ3) is 2.29. The number of rotatable bonds is 4. The van der Waals surface area contributed by atoms with Gasteiger partial charge in [0.2, 0.25) is 5.89 Å². The molecule has 0 amide bonds. The van der Waals surface area contributed by atoms with Gasteiger partial charge < -0.3 is 10.3 Å². The fourth-order valence-electron chi connectivity index (χ4n) is 2.19. The average molecular weight is 243 g/mol. The minimum Gasteiger partial charge on any atom is -0.338 e. The van der Waals surface area contributed by atoms with Crippen LogP contribution in [0.3, 0.4) is 0 Å². The van der Waals surface area contributed by atoms with Gasteiger partial charge in [0.05, 0.1) is 6.04 Å². The quantitative estimate of drug-likeness (QED) is 0.895. The fraction of sp³-hybridized carbons (Fsp3) is 0.429. The minimum atomic E-state index is -0.220. The van der Waals surface area contributed by atoms with Crippen molar-refractivity contribution >= 4 is 0 Å². The van der Waals surface area contributed by atoms with E-state index in [0.29, 0.717) is 17.7 Å². The van der Waals surface area contributed by atoms with Crippen LogP contribution in [0.5, 0.6) is 0 Å².